The number of rotatable bonds is 9. The standard InChI is InChI=1S/C25H25NO8/c1-6-33-25(29)19-13-26-22(18-12-21(31-4)20(30-3)11-17(18)19)23(27)15-7-9-16(10-8-15)34-14(2)24(28)32-5/h7-14H,6H2,1-5H3. The van der Waals surface area contributed by atoms with Gasteiger partial charge in [-0.2, -0.15) is 0 Å². The van der Waals surface area contributed by atoms with Crippen molar-refractivity contribution in [2.75, 3.05) is 27.9 Å². The molecule has 0 bridgehead atoms. The van der Waals surface area contributed by atoms with E-state index in [0.717, 1.165) is 0 Å². The van der Waals surface area contributed by atoms with Gasteiger partial charge in [0.25, 0.3) is 0 Å². The summed E-state index contributed by atoms with van der Waals surface area (Å²) in [6, 6.07) is 9.50. The summed E-state index contributed by atoms with van der Waals surface area (Å²) in [6.07, 6.45) is 0.518. The number of carbonyl (C=O) groups is 3. The highest BCUT2D eigenvalue weighted by atomic mass is 16.6. The zero-order valence-electron chi connectivity index (χ0n) is 19.5. The van der Waals surface area contributed by atoms with Crippen LogP contribution in [0.5, 0.6) is 17.2 Å². The molecule has 3 rings (SSSR count). The van der Waals surface area contributed by atoms with E-state index in [9.17, 15) is 14.4 Å². The Morgan fingerprint density at radius 3 is 2.12 bits per heavy atom. The summed E-state index contributed by atoms with van der Waals surface area (Å²) in [5.74, 6) is -0.273. The van der Waals surface area contributed by atoms with Gasteiger partial charge in [0.05, 0.1) is 33.5 Å². The number of aromatic nitrogens is 1. The first-order valence-electron chi connectivity index (χ1n) is 10.5. The van der Waals surface area contributed by atoms with E-state index in [2.05, 4.69) is 9.72 Å². The summed E-state index contributed by atoms with van der Waals surface area (Å²) in [5, 5.41) is 0.856. The maximum atomic E-state index is 13.3. The molecule has 0 saturated carbocycles. The van der Waals surface area contributed by atoms with Gasteiger partial charge in [-0.25, -0.2) is 9.59 Å². The summed E-state index contributed by atoms with van der Waals surface area (Å²) in [4.78, 5) is 41.7. The van der Waals surface area contributed by atoms with Crippen molar-refractivity contribution in [1.82, 2.24) is 4.98 Å². The number of esters is 2. The first kappa shape index (κ1) is 24.5. The molecule has 0 amide bonds. The molecule has 34 heavy (non-hydrogen) atoms. The van der Waals surface area contributed by atoms with Crippen LogP contribution >= 0.6 is 0 Å². The molecule has 1 unspecified atom stereocenters. The average molecular weight is 467 g/mol. The Kier molecular flexibility index (Phi) is 7.68. The number of hydrogen-bond donors (Lipinski definition) is 0. The van der Waals surface area contributed by atoms with Gasteiger partial charge in [0.1, 0.15) is 11.4 Å². The van der Waals surface area contributed by atoms with Gasteiger partial charge < -0.3 is 23.7 Å². The van der Waals surface area contributed by atoms with Crippen molar-refractivity contribution < 1.29 is 38.1 Å². The SMILES string of the molecule is CCOC(=O)c1cnc(C(=O)c2ccc(OC(C)C(=O)OC)cc2)c2cc(OC)c(OC)cc12. The molecule has 0 radical (unpaired) electrons. The Bertz CT molecular complexity index is 1220. The number of carbonyl (C=O) groups excluding carboxylic acids is 3. The van der Waals surface area contributed by atoms with E-state index in [0.29, 0.717) is 33.6 Å². The number of benzene rings is 2. The van der Waals surface area contributed by atoms with Gasteiger partial charge in [-0.3, -0.25) is 9.78 Å². The van der Waals surface area contributed by atoms with E-state index >= 15 is 0 Å². The molecule has 1 atom stereocenters. The van der Waals surface area contributed by atoms with Gasteiger partial charge in [0.2, 0.25) is 5.78 Å². The fourth-order valence-electron chi connectivity index (χ4n) is 3.36. The summed E-state index contributed by atoms with van der Waals surface area (Å²) < 4.78 is 26.0. The smallest absolute Gasteiger partial charge is 0.346 e. The topological polar surface area (TPSA) is 110 Å². The van der Waals surface area contributed by atoms with Crippen LogP contribution in [0.3, 0.4) is 0 Å². The molecule has 0 fully saturated rings. The summed E-state index contributed by atoms with van der Waals surface area (Å²) in [6.45, 7) is 3.46. The molecule has 9 nitrogen and oxygen atoms in total. The van der Waals surface area contributed by atoms with Crippen LogP contribution in [0.2, 0.25) is 0 Å². The Morgan fingerprint density at radius 1 is 0.941 bits per heavy atom. The maximum Gasteiger partial charge on any atom is 0.346 e. The van der Waals surface area contributed by atoms with Gasteiger partial charge in [0, 0.05) is 22.5 Å². The van der Waals surface area contributed by atoms with Crippen LogP contribution in [0.1, 0.15) is 40.3 Å². The molecular weight excluding hydrogens is 442 g/mol. The fraction of sp³-hybridized carbons (Fsp3) is 0.280. The van der Waals surface area contributed by atoms with Crippen LogP contribution in [0, 0.1) is 0 Å². The zero-order valence-corrected chi connectivity index (χ0v) is 19.5. The minimum absolute atomic E-state index is 0.126. The third-order valence-electron chi connectivity index (χ3n) is 5.06. The molecule has 1 aromatic heterocycles. The Morgan fingerprint density at radius 2 is 1.56 bits per heavy atom. The molecule has 0 aliphatic carbocycles. The van der Waals surface area contributed by atoms with Crippen LogP contribution in [-0.4, -0.2) is 56.7 Å². The van der Waals surface area contributed by atoms with Crippen molar-refractivity contribution in [2.24, 2.45) is 0 Å². The molecule has 0 aliphatic heterocycles. The lowest BCUT2D eigenvalue weighted by atomic mass is 9.99. The number of hydrogen-bond acceptors (Lipinski definition) is 9. The monoisotopic (exact) mass is 467 g/mol. The minimum atomic E-state index is -0.796. The third-order valence-corrected chi connectivity index (χ3v) is 5.06. The van der Waals surface area contributed by atoms with E-state index in [-0.39, 0.29) is 23.6 Å². The molecule has 9 heteroatoms. The van der Waals surface area contributed by atoms with Gasteiger partial charge in [-0.15, -0.1) is 0 Å². The summed E-state index contributed by atoms with van der Waals surface area (Å²) in [5.41, 5.74) is 0.668. The van der Waals surface area contributed by atoms with Crippen LogP contribution in [-0.2, 0) is 14.3 Å². The molecule has 2 aromatic carbocycles. The number of pyridine rings is 1. The number of nitrogens with zero attached hydrogens (tertiary/aromatic N) is 1. The van der Waals surface area contributed by atoms with E-state index in [4.69, 9.17) is 18.9 Å². The van der Waals surface area contributed by atoms with Crippen molar-refractivity contribution >= 4 is 28.5 Å². The summed E-state index contributed by atoms with van der Waals surface area (Å²) >= 11 is 0. The Labute approximate surface area is 196 Å². The van der Waals surface area contributed by atoms with Crippen molar-refractivity contribution in [3.8, 4) is 17.2 Å². The highest BCUT2D eigenvalue weighted by Crippen LogP contribution is 2.35. The quantitative estimate of drug-likeness (QED) is 0.344. The predicted octanol–water partition coefficient (Wildman–Crippen LogP) is 3.60. The van der Waals surface area contributed by atoms with Crippen LogP contribution in [0.15, 0.2) is 42.6 Å². The number of methoxy groups -OCH3 is 3. The Balaban J connectivity index is 2.05. The molecule has 0 spiro atoms. The first-order chi connectivity index (χ1) is 16.3. The first-order valence-corrected chi connectivity index (χ1v) is 10.5. The second-order valence-corrected chi connectivity index (χ2v) is 7.13. The molecular formula is C25H25NO8. The molecule has 3 aromatic rings. The average Bonchev–Trinajstić information content (AvgIpc) is 2.86. The lowest BCUT2D eigenvalue weighted by Crippen LogP contribution is -2.24. The van der Waals surface area contributed by atoms with Crippen molar-refractivity contribution in [3.05, 3.63) is 59.4 Å². The molecule has 1 heterocycles. The lowest BCUT2D eigenvalue weighted by Gasteiger charge is -2.14. The maximum absolute atomic E-state index is 13.3. The predicted molar refractivity (Wildman–Crippen MR) is 123 cm³/mol. The molecule has 178 valence electrons. The van der Waals surface area contributed by atoms with Crippen molar-refractivity contribution in [1.29, 1.82) is 0 Å². The van der Waals surface area contributed by atoms with Crippen LogP contribution < -0.4 is 14.2 Å². The van der Waals surface area contributed by atoms with Crippen molar-refractivity contribution in [2.45, 2.75) is 20.0 Å². The van der Waals surface area contributed by atoms with Crippen molar-refractivity contribution in [3.63, 3.8) is 0 Å². The lowest BCUT2D eigenvalue weighted by molar-refractivity contribution is -0.147. The minimum Gasteiger partial charge on any atom is -0.493 e. The largest absolute Gasteiger partial charge is 0.493 e. The Hall–Kier alpha value is -4.14. The van der Waals surface area contributed by atoms with Gasteiger partial charge in [-0.1, -0.05) is 0 Å². The number of ketones is 1. The molecule has 0 N–H and O–H groups in total. The van der Waals surface area contributed by atoms with E-state index in [1.807, 2.05) is 0 Å². The second-order valence-electron chi connectivity index (χ2n) is 7.13. The van der Waals surface area contributed by atoms with Gasteiger partial charge >= 0.3 is 11.9 Å². The highest BCUT2D eigenvalue weighted by molar-refractivity contribution is 6.18. The second kappa shape index (κ2) is 10.7. The van der Waals surface area contributed by atoms with E-state index in [1.54, 1.807) is 50.2 Å². The third kappa shape index (κ3) is 4.93. The zero-order chi connectivity index (χ0) is 24.8. The highest BCUT2D eigenvalue weighted by Gasteiger charge is 2.22. The fourth-order valence-corrected chi connectivity index (χ4v) is 3.36. The van der Waals surface area contributed by atoms with Gasteiger partial charge in [-0.05, 0) is 50.2 Å². The van der Waals surface area contributed by atoms with E-state index in [1.165, 1.54) is 27.5 Å². The van der Waals surface area contributed by atoms with Crippen LogP contribution in [0.25, 0.3) is 10.8 Å². The summed E-state index contributed by atoms with van der Waals surface area (Å²) in [7, 11) is 4.23. The molecule has 0 aliphatic rings. The van der Waals surface area contributed by atoms with Gasteiger partial charge in [0.15, 0.2) is 17.6 Å². The molecule has 0 saturated heterocycles. The number of ether oxygens (including phenoxy) is 5. The number of fused-ring (bicyclic) bond motifs is 1. The van der Waals surface area contributed by atoms with Crippen LogP contribution in [0.4, 0.5) is 0 Å². The normalized spacial score (nSPS) is 11.4. The van der Waals surface area contributed by atoms with E-state index < -0.39 is 18.0 Å².